The van der Waals surface area contributed by atoms with E-state index in [2.05, 4.69) is 6.58 Å². The predicted molar refractivity (Wildman–Crippen MR) is 78.2 cm³/mol. The Kier molecular flexibility index (Phi) is 7.41. The van der Waals surface area contributed by atoms with Gasteiger partial charge in [0.15, 0.2) is 0 Å². The highest BCUT2D eigenvalue weighted by Gasteiger charge is 2.08. The van der Waals surface area contributed by atoms with E-state index in [9.17, 15) is 0 Å². The summed E-state index contributed by atoms with van der Waals surface area (Å²) in [4.78, 5) is 0. The van der Waals surface area contributed by atoms with Gasteiger partial charge in [-0.25, -0.2) is 0 Å². The summed E-state index contributed by atoms with van der Waals surface area (Å²) in [7, 11) is 1.67. The van der Waals surface area contributed by atoms with Crippen molar-refractivity contribution in [1.82, 2.24) is 0 Å². The molecule has 106 valence electrons. The Labute approximate surface area is 116 Å². The molecule has 0 aliphatic carbocycles. The maximum Gasteiger partial charge on any atom is 0.0785 e. The highest BCUT2D eigenvalue weighted by atomic mass is 16.6. The van der Waals surface area contributed by atoms with Crippen molar-refractivity contribution in [3.05, 3.63) is 42.5 Å². The first-order chi connectivity index (χ1) is 9.13. The zero-order valence-corrected chi connectivity index (χ0v) is 12.1. The molecule has 0 saturated heterocycles. The third-order valence-electron chi connectivity index (χ3n) is 2.74. The molecular formula is C16H24O3. The molecule has 2 unspecified atom stereocenters. The first-order valence-electron chi connectivity index (χ1n) is 6.58. The van der Waals surface area contributed by atoms with Crippen LogP contribution in [0, 0.1) is 0 Å². The van der Waals surface area contributed by atoms with Crippen LogP contribution in [0.3, 0.4) is 0 Å². The molecular weight excluding hydrogens is 240 g/mol. The summed E-state index contributed by atoms with van der Waals surface area (Å²) in [5.41, 5.74) is 2.10. The van der Waals surface area contributed by atoms with E-state index in [-0.39, 0.29) is 12.2 Å². The van der Waals surface area contributed by atoms with Gasteiger partial charge < -0.3 is 14.2 Å². The molecule has 0 aliphatic rings. The number of ether oxygens (including phenoxy) is 3. The molecule has 0 N–H and O–H groups in total. The Balaban J connectivity index is 2.23. The maximum absolute atomic E-state index is 5.72. The molecule has 2 atom stereocenters. The molecule has 0 aliphatic heterocycles. The average molecular weight is 264 g/mol. The molecule has 0 aromatic heterocycles. The summed E-state index contributed by atoms with van der Waals surface area (Å²) in [6, 6.07) is 10.1. The van der Waals surface area contributed by atoms with Crippen LogP contribution in [-0.2, 0) is 14.2 Å². The van der Waals surface area contributed by atoms with Crippen LogP contribution in [0.1, 0.15) is 19.4 Å². The van der Waals surface area contributed by atoms with E-state index in [1.54, 1.807) is 7.11 Å². The van der Waals surface area contributed by atoms with Crippen molar-refractivity contribution in [3.63, 3.8) is 0 Å². The molecule has 0 radical (unpaired) electrons. The monoisotopic (exact) mass is 264 g/mol. The number of rotatable bonds is 9. The highest BCUT2D eigenvalue weighted by molar-refractivity contribution is 5.63. The molecule has 19 heavy (non-hydrogen) atoms. The van der Waals surface area contributed by atoms with Gasteiger partial charge >= 0.3 is 0 Å². The summed E-state index contributed by atoms with van der Waals surface area (Å²) in [5, 5.41) is 0. The summed E-state index contributed by atoms with van der Waals surface area (Å²) in [5.74, 6) is 0. The highest BCUT2D eigenvalue weighted by Crippen LogP contribution is 2.12. The third kappa shape index (κ3) is 6.53. The lowest BCUT2D eigenvalue weighted by atomic mass is 10.1. The van der Waals surface area contributed by atoms with Crippen molar-refractivity contribution < 1.29 is 14.2 Å². The van der Waals surface area contributed by atoms with Gasteiger partial charge in [-0.15, -0.1) is 0 Å². The van der Waals surface area contributed by atoms with Crippen LogP contribution in [0.15, 0.2) is 36.9 Å². The fourth-order valence-corrected chi connectivity index (χ4v) is 1.63. The summed E-state index contributed by atoms with van der Waals surface area (Å²) in [6.07, 6.45) is 0.133. The molecule has 0 saturated carbocycles. The van der Waals surface area contributed by atoms with Crippen LogP contribution >= 0.6 is 0 Å². The zero-order chi connectivity index (χ0) is 14.1. The number of benzene rings is 1. The van der Waals surface area contributed by atoms with Gasteiger partial charge in [0.2, 0.25) is 0 Å². The lowest BCUT2D eigenvalue weighted by molar-refractivity contribution is -0.0443. The van der Waals surface area contributed by atoms with Crippen LogP contribution < -0.4 is 0 Å². The minimum Gasteiger partial charge on any atom is -0.382 e. The largest absolute Gasteiger partial charge is 0.382 e. The molecule has 0 fully saturated rings. The number of hydrogen-bond donors (Lipinski definition) is 0. The van der Waals surface area contributed by atoms with Gasteiger partial charge in [-0.05, 0) is 25.0 Å². The van der Waals surface area contributed by atoms with Crippen molar-refractivity contribution in [3.8, 4) is 0 Å². The number of hydrogen-bond acceptors (Lipinski definition) is 3. The third-order valence-corrected chi connectivity index (χ3v) is 2.74. The van der Waals surface area contributed by atoms with Crippen molar-refractivity contribution >= 4 is 5.57 Å². The van der Waals surface area contributed by atoms with Crippen molar-refractivity contribution in [2.75, 3.05) is 26.9 Å². The quantitative estimate of drug-likeness (QED) is 0.685. The molecule has 0 bridgehead atoms. The number of methoxy groups -OCH3 is 1. The van der Waals surface area contributed by atoms with E-state index in [1.807, 2.05) is 44.2 Å². The van der Waals surface area contributed by atoms with E-state index in [4.69, 9.17) is 14.2 Å². The summed E-state index contributed by atoms with van der Waals surface area (Å²) < 4.78 is 16.3. The first-order valence-corrected chi connectivity index (χ1v) is 6.58. The van der Waals surface area contributed by atoms with Gasteiger partial charge in [0, 0.05) is 7.11 Å². The van der Waals surface area contributed by atoms with Gasteiger partial charge in [0.25, 0.3) is 0 Å². The summed E-state index contributed by atoms with van der Waals surface area (Å²) in [6.45, 7) is 9.70. The SMILES string of the molecule is C=C(COC(C)COC(C)COC)c1ccccc1. The molecule has 0 spiro atoms. The Bertz CT molecular complexity index is 362. The van der Waals surface area contributed by atoms with Gasteiger partial charge in [0.05, 0.1) is 32.0 Å². The van der Waals surface area contributed by atoms with Gasteiger partial charge in [-0.1, -0.05) is 36.9 Å². The Hall–Kier alpha value is -1.16. The van der Waals surface area contributed by atoms with E-state index >= 15 is 0 Å². The van der Waals surface area contributed by atoms with E-state index in [0.717, 1.165) is 11.1 Å². The molecule has 1 aromatic carbocycles. The lowest BCUT2D eigenvalue weighted by Gasteiger charge is -2.17. The van der Waals surface area contributed by atoms with Gasteiger partial charge in [-0.2, -0.15) is 0 Å². The predicted octanol–water partition coefficient (Wildman–Crippen LogP) is 3.16. The van der Waals surface area contributed by atoms with E-state index in [0.29, 0.717) is 19.8 Å². The fourth-order valence-electron chi connectivity index (χ4n) is 1.63. The topological polar surface area (TPSA) is 27.7 Å². The zero-order valence-electron chi connectivity index (χ0n) is 12.1. The maximum atomic E-state index is 5.72. The Morgan fingerprint density at radius 2 is 1.68 bits per heavy atom. The minimum absolute atomic E-state index is 0.0415. The standard InChI is InChI=1S/C16H24O3/c1-13(16-8-6-5-7-9-16)10-18-15(3)12-19-14(2)11-17-4/h5-9,14-15H,1,10-12H2,2-4H3. The second-order valence-corrected chi connectivity index (χ2v) is 4.69. The first kappa shape index (κ1) is 15.9. The summed E-state index contributed by atoms with van der Waals surface area (Å²) >= 11 is 0. The van der Waals surface area contributed by atoms with Crippen molar-refractivity contribution in [1.29, 1.82) is 0 Å². The Morgan fingerprint density at radius 1 is 1.05 bits per heavy atom. The van der Waals surface area contributed by atoms with Crippen LogP contribution in [0.4, 0.5) is 0 Å². The fraction of sp³-hybridized carbons (Fsp3) is 0.500. The average Bonchev–Trinajstić information content (AvgIpc) is 2.44. The van der Waals surface area contributed by atoms with Crippen molar-refractivity contribution in [2.45, 2.75) is 26.1 Å². The molecule has 3 nitrogen and oxygen atoms in total. The molecule has 0 heterocycles. The normalized spacial score (nSPS) is 14.1. The van der Waals surface area contributed by atoms with Crippen LogP contribution in [0.25, 0.3) is 5.57 Å². The van der Waals surface area contributed by atoms with Gasteiger partial charge in [-0.3, -0.25) is 0 Å². The van der Waals surface area contributed by atoms with Crippen LogP contribution in [-0.4, -0.2) is 39.1 Å². The van der Waals surface area contributed by atoms with E-state index in [1.165, 1.54) is 0 Å². The smallest absolute Gasteiger partial charge is 0.0785 e. The van der Waals surface area contributed by atoms with E-state index < -0.39 is 0 Å². The molecule has 3 heteroatoms. The van der Waals surface area contributed by atoms with Crippen molar-refractivity contribution in [2.24, 2.45) is 0 Å². The molecule has 1 aromatic rings. The Morgan fingerprint density at radius 3 is 2.32 bits per heavy atom. The van der Waals surface area contributed by atoms with Gasteiger partial charge in [0.1, 0.15) is 0 Å². The minimum atomic E-state index is 0.0415. The molecule has 1 rings (SSSR count). The van der Waals surface area contributed by atoms with Crippen LogP contribution in [0.5, 0.6) is 0 Å². The second kappa shape index (κ2) is 8.86. The molecule has 0 amide bonds. The second-order valence-electron chi connectivity index (χ2n) is 4.69. The van der Waals surface area contributed by atoms with Crippen LogP contribution in [0.2, 0.25) is 0 Å². The lowest BCUT2D eigenvalue weighted by Crippen LogP contribution is -2.23.